The summed E-state index contributed by atoms with van der Waals surface area (Å²) in [5.41, 5.74) is 0. The molecule has 0 aromatic carbocycles. The normalized spacial score (nSPS) is 25.6. The third-order valence-electron chi connectivity index (χ3n) is 2.37. The van der Waals surface area contributed by atoms with Gasteiger partial charge in [-0.05, 0) is 32.9 Å². The molecule has 1 fully saturated rings. The molecule has 0 bridgehead atoms. The summed E-state index contributed by atoms with van der Waals surface area (Å²) < 4.78 is 0. The van der Waals surface area contributed by atoms with Crippen molar-refractivity contribution in [3.05, 3.63) is 0 Å². The number of hydrogen-bond donors (Lipinski definition) is 0. The molecule has 0 N–H and O–H groups in total. The molecule has 2 unspecified atom stereocenters. The predicted octanol–water partition coefficient (Wildman–Crippen LogP) is 2.97. The Morgan fingerprint density at radius 2 is 1.64 bits per heavy atom. The van der Waals surface area contributed by atoms with Crippen molar-refractivity contribution >= 4 is 5.78 Å². The molecule has 86 valence electrons. The van der Waals surface area contributed by atoms with Crippen molar-refractivity contribution in [3.8, 4) is 0 Å². The molecule has 2 nitrogen and oxygen atoms in total. The van der Waals surface area contributed by atoms with Gasteiger partial charge in [0.1, 0.15) is 5.78 Å². The van der Waals surface area contributed by atoms with E-state index in [0.717, 1.165) is 6.54 Å². The maximum atomic E-state index is 11.0. The van der Waals surface area contributed by atoms with Gasteiger partial charge in [0, 0.05) is 0 Å². The van der Waals surface area contributed by atoms with Crippen molar-refractivity contribution < 1.29 is 4.79 Å². The number of Topliss-reactive ketones (excluding diaryl/α,β-unsaturated/α-hetero) is 1. The summed E-state index contributed by atoms with van der Waals surface area (Å²) in [6.45, 7) is 12.9. The highest BCUT2D eigenvalue weighted by molar-refractivity contribution is 5.82. The van der Waals surface area contributed by atoms with Crippen LogP contribution in [0.15, 0.2) is 0 Å². The lowest BCUT2D eigenvalue weighted by molar-refractivity contribution is -0.121. The molecule has 0 spiro atoms. The third-order valence-corrected chi connectivity index (χ3v) is 2.37. The zero-order chi connectivity index (χ0) is 11.7. The van der Waals surface area contributed by atoms with Crippen molar-refractivity contribution in [1.82, 2.24) is 4.90 Å². The predicted molar refractivity (Wildman–Crippen MR) is 63.6 cm³/mol. The number of likely N-dealkylation sites (tertiary alicyclic amines) is 1. The molecule has 1 aliphatic rings. The van der Waals surface area contributed by atoms with Crippen LogP contribution < -0.4 is 0 Å². The minimum Gasteiger partial charge on any atom is -0.298 e. The molecule has 0 amide bonds. The van der Waals surface area contributed by atoms with Gasteiger partial charge in [-0.15, -0.1) is 0 Å². The Hall–Kier alpha value is -0.370. The van der Waals surface area contributed by atoms with E-state index in [-0.39, 0.29) is 6.04 Å². The van der Waals surface area contributed by atoms with E-state index in [9.17, 15) is 4.79 Å². The quantitative estimate of drug-likeness (QED) is 0.650. The summed E-state index contributed by atoms with van der Waals surface area (Å²) in [6, 6.07) is 0.194. The van der Waals surface area contributed by atoms with E-state index in [4.69, 9.17) is 0 Å². The fourth-order valence-electron chi connectivity index (χ4n) is 1.85. The Morgan fingerprint density at radius 3 is 1.79 bits per heavy atom. The Labute approximate surface area is 89.7 Å². The van der Waals surface area contributed by atoms with E-state index in [1.807, 2.05) is 34.7 Å². The van der Waals surface area contributed by atoms with Gasteiger partial charge in [0.2, 0.25) is 0 Å². The lowest BCUT2D eigenvalue weighted by atomic mass is 10.0. The van der Waals surface area contributed by atoms with Gasteiger partial charge in [0.15, 0.2) is 0 Å². The van der Waals surface area contributed by atoms with Crippen LogP contribution in [0.25, 0.3) is 0 Å². The molecule has 0 aliphatic carbocycles. The number of ketones is 1. The van der Waals surface area contributed by atoms with E-state index < -0.39 is 0 Å². The van der Waals surface area contributed by atoms with Crippen LogP contribution in [-0.2, 0) is 4.79 Å². The summed E-state index contributed by atoms with van der Waals surface area (Å²) in [4.78, 5) is 13.2. The number of carbonyl (C=O) groups is 1. The van der Waals surface area contributed by atoms with E-state index in [1.54, 1.807) is 6.92 Å². The van der Waals surface area contributed by atoms with Crippen LogP contribution in [0, 0.1) is 5.92 Å². The molecule has 1 saturated heterocycles. The number of hydrogen-bond acceptors (Lipinski definition) is 2. The van der Waals surface area contributed by atoms with E-state index >= 15 is 0 Å². The number of nitrogens with zero attached hydrogens (tertiary/aromatic N) is 1. The number of rotatable bonds is 1. The second-order valence-corrected chi connectivity index (χ2v) is 3.30. The Balaban J connectivity index is 0. The summed E-state index contributed by atoms with van der Waals surface area (Å²) in [6.07, 6.45) is 1.17. The highest BCUT2D eigenvalue weighted by Crippen LogP contribution is 2.22. The largest absolute Gasteiger partial charge is 0.298 e. The summed E-state index contributed by atoms with van der Waals surface area (Å²) in [5, 5.41) is 0. The van der Waals surface area contributed by atoms with Gasteiger partial charge >= 0.3 is 0 Å². The van der Waals surface area contributed by atoms with Crippen LogP contribution in [0.5, 0.6) is 0 Å². The van der Waals surface area contributed by atoms with Crippen molar-refractivity contribution in [2.75, 3.05) is 13.6 Å². The zero-order valence-electron chi connectivity index (χ0n) is 10.9. The molecule has 2 heteroatoms. The maximum Gasteiger partial charge on any atom is 0.147 e. The average molecular weight is 201 g/mol. The minimum atomic E-state index is 0.194. The fraction of sp³-hybridized carbons (Fsp3) is 0.917. The van der Waals surface area contributed by atoms with Gasteiger partial charge in [-0.1, -0.05) is 34.6 Å². The van der Waals surface area contributed by atoms with E-state index in [1.165, 1.54) is 6.42 Å². The monoisotopic (exact) mass is 201 g/mol. The Bertz CT molecular complexity index is 135. The number of carbonyl (C=O) groups excluding carboxylic acids is 1. The third kappa shape index (κ3) is 4.75. The van der Waals surface area contributed by atoms with Crippen LogP contribution in [0.4, 0.5) is 0 Å². The molecule has 0 aromatic rings. The number of likely N-dealkylation sites (N-methyl/N-ethyl adjacent to an activating group) is 1. The summed E-state index contributed by atoms with van der Waals surface area (Å²) in [5.74, 6) is 0.870. The first-order valence-electron chi connectivity index (χ1n) is 5.83. The van der Waals surface area contributed by atoms with E-state index in [0.29, 0.717) is 11.7 Å². The molecular formula is C12H27NO. The van der Waals surface area contributed by atoms with E-state index in [2.05, 4.69) is 11.8 Å². The van der Waals surface area contributed by atoms with Gasteiger partial charge in [-0.25, -0.2) is 0 Å². The summed E-state index contributed by atoms with van der Waals surface area (Å²) >= 11 is 0. The lowest BCUT2D eigenvalue weighted by Crippen LogP contribution is -2.34. The molecule has 2 atom stereocenters. The van der Waals surface area contributed by atoms with Gasteiger partial charge in [0.05, 0.1) is 6.04 Å². The van der Waals surface area contributed by atoms with Crippen LogP contribution in [0.1, 0.15) is 48.0 Å². The van der Waals surface area contributed by atoms with Gasteiger partial charge in [-0.3, -0.25) is 9.69 Å². The second-order valence-electron chi connectivity index (χ2n) is 3.30. The highest BCUT2D eigenvalue weighted by Gasteiger charge is 2.31. The average Bonchev–Trinajstić information content (AvgIpc) is 2.52. The standard InChI is InChI=1S/C8H15NO.2C2H6/c1-6-4-5-9(3)8(6)7(2)10;2*1-2/h6,8H,4-5H2,1-3H3;2*1-2H3. The van der Waals surface area contributed by atoms with Crippen molar-refractivity contribution in [2.24, 2.45) is 5.92 Å². The first-order chi connectivity index (χ1) is 6.63. The van der Waals surface area contributed by atoms with Gasteiger partial charge in [0.25, 0.3) is 0 Å². The van der Waals surface area contributed by atoms with Crippen LogP contribution in [0.2, 0.25) is 0 Å². The highest BCUT2D eigenvalue weighted by atomic mass is 16.1. The minimum absolute atomic E-state index is 0.194. The van der Waals surface area contributed by atoms with Crippen molar-refractivity contribution in [2.45, 2.75) is 54.0 Å². The molecule has 0 saturated carbocycles. The maximum absolute atomic E-state index is 11.0. The molecule has 0 aromatic heterocycles. The van der Waals surface area contributed by atoms with Gasteiger partial charge in [-0.2, -0.15) is 0 Å². The fourth-order valence-corrected chi connectivity index (χ4v) is 1.85. The van der Waals surface area contributed by atoms with Gasteiger partial charge < -0.3 is 0 Å². The SMILES string of the molecule is CC.CC.CC(=O)C1C(C)CCN1C. The first kappa shape index (κ1) is 16.1. The van der Waals surface area contributed by atoms with Crippen LogP contribution >= 0.6 is 0 Å². The lowest BCUT2D eigenvalue weighted by Gasteiger charge is -2.18. The van der Waals surface area contributed by atoms with Crippen LogP contribution in [-0.4, -0.2) is 30.3 Å². The Morgan fingerprint density at radius 1 is 1.21 bits per heavy atom. The molecule has 1 heterocycles. The smallest absolute Gasteiger partial charge is 0.147 e. The molecule has 0 radical (unpaired) electrons. The molecule has 1 aliphatic heterocycles. The Kier molecular flexibility index (Phi) is 10.6. The summed E-state index contributed by atoms with van der Waals surface area (Å²) in [7, 11) is 2.02. The van der Waals surface area contributed by atoms with Crippen molar-refractivity contribution in [1.29, 1.82) is 0 Å². The molecule has 14 heavy (non-hydrogen) atoms. The topological polar surface area (TPSA) is 20.3 Å². The molecular weight excluding hydrogens is 174 g/mol. The molecule has 1 rings (SSSR count). The van der Waals surface area contributed by atoms with Crippen LogP contribution in [0.3, 0.4) is 0 Å². The second kappa shape index (κ2) is 9.20. The zero-order valence-corrected chi connectivity index (χ0v) is 10.9. The van der Waals surface area contributed by atoms with Crippen molar-refractivity contribution in [3.63, 3.8) is 0 Å². The first-order valence-corrected chi connectivity index (χ1v) is 5.83.